The van der Waals surface area contributed by atoms with E-state index in [4.69, 9.17) is 4.55 Å². The molecule has 0 aromatic carbocycles. The Labute approximate surface area is 110 Å². The number of nitrogens with one attached hydrogen (secondary N) is 1. The molecule has 112 valence electrons. The molecule has 2 heterocycles. The van der Waals surface area contributed by atoms with E-state index in [9.17, 15) is 30.4 Å². The third-order valence-corrected chi connectivity index (χ3v) is 8.10. The van der Waals surface area contributed by atoms with Gasteiger partial charge in [0, 0.05) is 13.0 Å². The summed E-state index contributed by atoms with van der Waals surface area (Å²) < 4.78 is 76.6. The second-order valence-corrected chi connectivity index (χ2v) is 10.3. The van der Waals surface area contributed by atoms with Crippen molar-refractivity contribution in [2.24, 2.45) is 0 Å². The zero-order valence-electron chi connectivity index (χ0n) is 9.71. The average Bonchev–Trinajstić information content (AvgIpc) is 2.91. The Hall–Kier alpha value is -0.310. The van der Waals surface area contributed by atoms with Crippen LogP contribution in [0, 0.1) is 0 Å². The van der Waals surface area contributed by atoms with Crippen LogP contribution < -0.4 is 4.72 Å². The summed E-state index contributed by atoms with van der Waals surface area (Å²) in [5.74, 6) is 0. The smallest absolute Gasteiger partial charge is 0.323 e. The van der Waals surface area contributed by atoms with Crippen molar-refractivity contribution in [3.63, 3.8) is 0 Å². The highest BCUT2D eigenvalue weighted by Gasteiger charge is 3.00. The van der Waals surface area contributed by atoms with Crippen molar-refractivity contribution in [1.82, 2.24) is 4.72 Å². The van der Waals surface area contributed by atoms with Gasteiger partial charge in [-0.3, -0.25) is 4.55 Å². The predicted molar refractivity (Wildman–Crippen MR) is 61.8 cm³/mol. The minimum atomic E-state index is -4.92. The van der Waals surface area contributed by atoms with Crippen LogP contribution in [0.5, 0.6) is 0 Å². The summed E-state index contributed by atoms with van der Waals surface area (Å²) in [6.07, 6.45) is 0.706. The summed E-state index contributed by atoms with van der Waals surface area (Å²) >= 11 is 0. The van der Waals surface area contributed by atoms with Crippen molar-refractivity contribution < 1.29 is 38.8 Å². The fourth-order valence-electron chi connectivity index (χ4n) is 2.28. The minimum Gasteiger partial charge on any atom is -0.323 e. The molecule has 10 nitrogen and oxygen atoms in total. The van der Waals surface area contributed by atoms with E-state index in [2.05, 4.69) is 4.72 Å². The molecule has 2 fully saturated rings. The van der Waals surface area contributed by atoms with E-state index in [0.29, 0.717) is 0 Å². The van der Waals surface area contributed by atoms with Crippen LogP contribution in [0.15, 0.2) is 0 Å². The molecule has 0 saturated carbocycles. The maximum atomic E-state index is 11.7. The molecule has 0 aromatic rings. The van der Waals surface area contributed by atoms with Crippen molar-refractivity contribution in [3.05, 3.63) is 0 Å². The molecular formula is C6H13N2O8S3+. The molecular weight excluding hydrogens is 324 g/mol. The topological polar surface area (TPSA) is 155 Å². The first kappa shape index (κ1) is 15.1. The molecule has 3 unspecified atom stereocenters. The van der Waals surface area contributed by atoms with E-state index in [0.717, 1.165) is 6.26 Å². The summed E-state index contributed by atoms with van der Waals surface area (Å²) in [7, 11) is -12.3. The molecule has 0 bridgehead atoms. The molecule has 2 aliphatic heterocycles. The molecule has 1 spiro atoms. The highest BCUT2D eigenvalue weighted by atomic mass is 32.2. The van der Waals surface area contributed by atoms with Gasteiger partial charge in [-0.2, -0.15) is 16.8 Å². The van der Waals surface area contributed by atoms with Crippen molar-refractivity contribution in [2.75, 3.05) is 19.3 Å². The molecule has 3 atom stereocenters. The summed E-state index contributed by atoms with van der Waals surface area (Å²) in [5, 5.41) is 5.69. The van der Waals surface area contributed by atoms with Crippen LogP contribution in [-0.4, -0.2) is 68.6 Å². The van der Waals surface area contributed by atoms with Gasteiger partial charge in [-0.1, -0.05) is 0 Å². The van der Waals surface area contributed by atoms with Crippen LogP contribution in [0.25, 0.3) is 0 Å². The van der Waals surface area contributed by atoms with Gasteiger partial charge in [0.05, 0.1) is 6.26 Å². The quantitative estimate of drug-likeness (QED) is 0.272. The lowest BCUT2D eigenvalue weighted by molar-refractivity contribution is -0.649. The van der Waals surface area contributed by atoms with E-state index in [1.54, 1.807) is 0 Å². The number of hydrogen-bond donors (Lipinski definition) is 3. The van der Waals surface area contributed by atoms with Gasteiger partial charge in [0.1, 0.15) is 0 Å². The lowest BCUT2D eigenvalue weighted by Gasteiger charge is -2.00. The highest BCUT2D eigenvalue weighted by Crippen LogP contribution is 2.64. The second kappa shape index (κ2) is 3.66. The van der Waals surface area contributed by atoms with Gasteiger partial charge in [0.2, 0.25) is 16.6 Å². The van der Waals surface area contributed by atoms with Gasteiger partial charge in [-0.05, 0) is 0 Å². The van der Waals surface area contributed by atoms with Crippen LogP contribution in [0.2, 0.25) is 0 Å². The Bertz CT molecular complexity index is 724. The Kier molecular flexibility index (Phi) is 2.91. The van der Waals surface area contributed by atoms with Gasteiger partial charge in [-0.15, -0.1) is 3.89 Å². The zero-order valence-corrected chi connectivity index (χ0v) is 12.2. The van der Waals surface area contributed by atoms with Crippen molar-refractivity contribution >= 4 is 30.2 Å². The standard InChI is InChI=1S/C6H12N2O8S3/c1-17(10,11)7-3-2-5-8(18(5,12)13)4-6(8,9)19(14,15)16/h5,7,9H,2-4H2,1H3/p+1. The third kappa shape index (κ3) is 1.91. The first-order valence-corrected chi connectivity index (χ1v) is 9.89. The van der Waals surface area contributed by atoms with Gasteiger partial charge in [0.15, 0.2) is 0 Å². The van der Waals surface area contributed by atoms with Gasteiger partial charge >= 0.3 is 25.2 Å². The number of aliphatic hydroxyl groups is 1. The second-order valence-electron chi connectivity index (χ2n) is 4.60. The highest BCUT2D eigenvalue weighted by molar-refractivity contribution is 7.94. The average molecular weight is 337 g/mol. The van der Waals surface area contributed by atoms with E-state index in [1.807, 2.05) is 0 Å². The van der Waals surface area contributed by atoms with Crippen LogP contribution in [-0.2, 0) is 30.2 Å². The number of nitrogens with zero attached hydrogens (tertiary/aromatic N) is 1. The molecule has 0 aliphatic carbocycles. The van der Waals surface area contributed by atoms with Gasteiger partial charge in [-0.25, -0.2) is 13.1 Å². The van der Waals surface area contributed by atoms with Crippen LogP contribution in [0.3, 0.4) is 0 Å². The largest absolute Gasteiger partial charge is 0.396 e. The van der Waals surface area contributed by atoms with Crippen LogP contribution in [0.4, 0.5) is 0 Å². The van der Waals surface area contributed by atoms with E-state index >= 15 is 0 Å². The Morgan fingerprint density at radius 3 is 2.26 bits per heavy atom. The SMILES string of the molecule is CS(=O)(=O)NCCC1[N+]2(CC2(O)S(=O)(=O)O)S1(=O)=O. The zero-order chi connectivity index (χ0) is 14.9. The fourth-order valence-corrected chi connectivity index (χ4v) is 6.91. The normalized spacial score (nSPS) is 40.3. The molecule has 2 rings (SSSR count). The van der Waals surface area contributed by atoms with E-state index in [1.165, 1.54) is 0 Å². The maximum absolute atomic E-state index is 11.7. The monoisotopic (exact) mass is 337 g/mol. The summed E-state index contributed by atoms with van der Waals surface area (Å²) in [6.45, 7) is -0.845. The Morgan fingerprint density at radius 2 is 1.89 bits per heavy atom. The van der Waals surface area contributed by atoms with Crippen molar-refractivity contribution in [3.8, 4) is 0 Å². The maximum Gasteiger partial charge on any atom is 0.396 e. The van der Waals surface area contributed by atoms with Gasteiger partial charge < -0.3 is 5.11 Å². The lowest BCUT2D eigenvalue weighted by Crippen LogP contribution is -2.32. The molecule has 19 heavy (non-hydrogen) atoms. The first-order chi connectivity index (χ1) is 8.30. The fraction of sp³-hybridized carbons (Fsp3) is 1.00. The van der Waals surface area contributed by atoms with Crippen molar-refractivity contribution in [2.45, 2.75) is 16.9 Å². The van der Waals surface area contributed by atoms with Gasteiger partial charge in [0.25, 0.3) is 5.37 Å². The molecule has 2 aliphatic rings. The predicted octanol–water partition coefficient (Wildman–Crippen LogP) is -3.04. The lowest BCUT2D eigenvalue weighted by atomic mass is 10.4. The molecule has 13 heteroatoms. The minimum absolute atomic E-state index is 0.187. The Balaban J connectivity index is 2.12. The number of rotatable bonds is 5. The molecule has 2 saturated heterocycles. The molecule has 0 amide bonds. The van der Waals surface area contributed by atoms with Crippen molar-refractivity contribution in [1.29, 1.82) is 0 Å². The number of quaternary nitrogens is 1. The molecule has 0 radical (unpaired) electrons. The van der Waals surface area contributed by atoms with Crippen LogP contribution in [0.1, 0.15) is 6.42 Å². The van der Waals surface area contributed by atoms with Crippen LogP contribution >= 0.6 is 0 Å². The molecule has 3 N–H and O–H groups in total. The Morgan fingerprint density at radius 1 is 1.37 bits per heavy atom. The van der Waals surface area contributed by atoms with E-state index in [-0.39, 0.29) is 13.0 Å². The summed E-state index contributed by atoms with van der Waals surface area (Å²) in [5.41, 5.74) is 0. The molecule has 0 aromatic heterocycles. The third-order valence-electron chi connectivity index (χ3n) is 3.32. The number of sulfonamides is 2. The summed E-state index contributed by atoms with van der Waals surface area (Å²) in [4.78, 5) is 0. The summed E-state index contributed by atoms with van der Waals surface area (Å²) in [6, 6.07) is 0. The number of hydrogen-bond acceptors (Lipinski definition) is 7. The first-order valence-electron chi connectivity index (χ1n) is 5.05. The van der Waals surface area contributed by atoms with E-state index < -0.39 is 51.0 Å².